The lowest BCUT2D eigenvalue weighted by molar-refractivity contribution is 0.847. The number of guanidine groups is 1. The summed E-state index contributed by atoms with van der Waals surface area (Å²) >= 11 is 5.72. The topological polar surface area (TPSA) is 63.3 Å². The van der Waals surface area contributed by atoms with Gasteiger partial charge in [0.05, 0.1) is 6.54 Å². The quantitative estimate of drug-likeness (QED) is 0.341. The molecule has 0 amide bonds. The lowest BCUT2D eigenvalue weighted by Crippen LogP contribution is -2.33. The molecule has 0 radical (unpaired) electrons. The highest BCUT2D eigenvalue weighted by molar-refractivity contribution is 14.0. The molecule has 0 bridgehead atoms. The molecule has 0 unspecified atom stereocenters. The average Bonchev–Trinajstić information content (AvgIpc) is 2.48. The predicted molar refractivity (Wildman–Crippen MR) is 98.1 cm³/mol. The minimum atomic E-state index is 0. The Kier molecular flexibility index (Phi) is 8.07. The monoisotopic (exact) mass is 416 g/mol. The number of rotatable bonds is 5. The van der Waals surface area contributed by atoms with Gasteiger partial charge in [0.1, 0.15) is 5.15 Å². The zero-order chi connectivity index (χ0) is 14.2. The molecule has 0 aliphatic carbocycles. The van der Waals surface area contributed by atoms with Gasteiger partial charge >= 0.3 is 0 Å². The summed E-state index contributed by atoms with van der Waals surface area (Å²) in [4.78, 5) is 8.25. The van der Waals surface area contributed by atoms with E-state index in [1.807, 2.05) is 24.3 Å². The molecule has 2 rings (SSSR count). The van der Waals surface area contributed by atoms with E-state index in [-0.39, 0.29) is 24.0 Å². The molecule has 1 aromatic carbocycles. The standard InChI is InChI=1S/C15H17ClN4.HI/c16-14-7-6-13(10-19-14)11-20-15(17)18-9-8-12-4-2-1-3-5-12;/h1-7,10H,8-9,11H2,(H3,17,18,20);1H. The molecule has 6 heteroatoms. The van der Waals surface area contributed by atoms with E-state index in [9.17, 15) is 0 Å². The van der Waals surface area contributed by atoms with Crippen LogP contribution in [0.3, 0.4) is 0 Å². The van der Waals surface area contributed by atoms with Crippen LogP contribution in [0.2, 0.25) is 5.15 Å². The number of aromatic nitrogens is 1. The number of hydrogen-bond acceptors (Lipinski definition) is 2. The van der Waals surface area contributed by atoms with E-state index < -0.39 is 0 Å². The van der Waals surface area contributed by atoms with Gasteiger partial charge in [-0.2, -0.15) is 0 Å². The first-order valence-electron chi connectivity index (χ1n) is 6.42. The van der Waals surface area contributed by atoms with Crippen LogP contribution in [0, 0.1) is 0 Å². The van der Waals surface area contributed by atoms with E-state index in [2.05, 4.69) is 27.4 Å². The Hall–Kier alpha value is -1.34. The Balaban J connectivity index is 0.00000220. The molecule has 0 saturated heterocycles. The first-order valence-corrected chi connectivity index (χ1v) is 6.80. The normalized spacial score (nSPS) is 10.8. The minimum absolute atomic E-state index is 0. The zero-order valence-electron chi connectivity index (χ0n) is 11.5. The first-order chi connectivity index (χ1) is 9.74. The largest absolute Gasteiger partial charge is 0.370 e. The van der Waals surface area contributed by atoms with Crippen LogP contribution in [0.15, 0.2) is 53.7 Å². The second-order valence-corrected chi connectivity index (χ2v) is 4.74. The van der Waals surface area contributed by atoms with Gasteiger partial charge in [0, 0.05) is 12.7 Å². The molecule has 112 valence electrons. The molecule has 1 heterocycles. The number of pyridine rings is 1. The van der Waals surface area contributed by atoms with Crippen molar-refractivity contribution in [2.24, 2.45) is 10.7 Å². The third-order valence-electron chi connectivity index (χ3n) is 2.78. The molecule has 0 saturated carbocycles. The average molecular weight is 417 g/mol. The number of aliphatic imine (C=N–C) groups is 1. The highest BCUT2D eigenvalue weighted by Gasteiger charge is 1.96. The zero-order valence-corrected chi connectivity index (χ0v) is 14.6. The van der Waals surface area contributed by atoms with Crippen LogP contribution in [0.4, 0.5) is 0 Å². The van der Waals surface area contributed by atoms with Gasteiger partial charge < -0.3 is 11.1 Å². The summed E-state index contributed by atoms with van der Waals surface area (Å²) in [6.07, 6.45) is 2.61. The van der Waals surface area contributed by atoms with Crippen molar-refractivity contribution in [3.05, 3.63) is 64.9 Å². The molecular weight excluding hydrogens is 399 g/mol. The maximum absolute atomic E-state index is 5.81. The van der Waals surface area contributed by atoms with Gasteiger partial charge in [-0.25, -0.2) is 9.98 Å². The fraction of sp³-hybridized carbons (Fsp3) is 0.200. The van der Waals surface area contributed by atoms with Crippen molar-refractivity contribution in [3.8, 4) is 0 Å². The van der Waals surface area contributed by atoms with E-state index >= 15 is 0 Å². The Morgan fingerprint density at radius 2 is 1.90 bits per heavy atom. The third kappa shape index (κ3) is 6.77. The number of benzene rings is 1. The SMILES string of the molecule is I.NC(=NCc1ccc(Cl)nc1)NCCc1ccccc1. The van der Waals surface area contributed by atoms with Crippen molar-refractivity contribution in [2.45, 2.75) is 13.0 Å². The maximum Gasteiger partial charge on any atom is 0.188 e. The van der Waals surface area contributed by atoms with E-state index in [1.54, 1.807) is 12.3 Å². The van der Waals surface area contributed by atoms with Crippen LogP contribution in [0.25, 0.3) is 0 Å². The summed E-state index contributed by atoms with van der Waals surface area (Å²) in [5, 5.41) is 3.57. The second-order valence-electron chi connectivity index (χ2n) is 4.35. The molecule has 0 atom stereocenters. The van der Waals surface area contributed by atoms with E-state index in [1.165, 1.54) is 5.56 Å². The molecule has 21 heavy (non-hydrogen) atoms. The van der Waals surface area contributed by atoms with Gasteiger partial charge in [-0.1, -0.05) is 48.0 Å². The van der Waals surface area contributed by atoms with Crippen LogP contribution in [0.5, 0.6) is 0 Å². The van der Waals surface area contributed by atoms with E-state index in [0.29, 0.717) is 17.7 Å². The predicted octanol–water partition coefficient (Wildman–Crippen LogP) is 3.00. The number of nitrogens with zero attached hydrogens (tertiary/aromatic N) is 2. The van der Waals surface area contributed by atoms with Crippen LogP contribution < -0.4 is 11.1 Å². The van der Waals surface area contributed by atoms with Gasteiger partial charge in [-0.05, 0) is 23.6 Å². The van der Waals surface area contributed by atoms with Gasteiger partial charge in [-0.3, -0.25) is 0 Å². The van der Waals surface area contributed by atoms with Gasteiger partial charge in [0.15, 0.2) is 5.96 Å². The number of hydrogen-bond donors (Lipinski definition) is 2. The summed E-state index contributed by atoms with van der Waals surface area (Å²) < 4.78 is 0. The van der Waals surface area contributed by atoms with Crippen molar-refractivity contribution < 1.29 is 0 Å². The minimum Gasteiger partial charge on any atom is -0.370 e. The molecule has 0 aliphatic rings. The number of nitrogens with two attached hydrogens (primary N) is 1. The van der Waals surface area contributed by atoms with Crippen molar-refractivity contribution >= 4 is 41.5 Å². The van der Waals surface area contributed by atoms with Crippen LogP contribution in [0.1, 0.15) is 11.1 Å². The number of halogens is 2. The van der Waals surface area contributed by atoms with Crippen molar-refractivity contribution in [2.75, 3.05) is 6.54 Å². The Bertz CT molecular complexity index is 558. The summed E-state index contributed by atoms with van der Waals surface area (Å²) in [5.41, 5.74) is 8.06. The molecular formula is C15H18ClIN4. The van der Waals surface area contributed by atoms with Crippen LogP contribution in [-0.2, 0) is 13.0 Å². The number of nitrogens with one attached hydrogen (secondary N) is 1. The van der Waals surface area contributed by atoms with E-state index in [0.717, 1.165) is 18.5 Å². The van der Waals surface area contributed by atoms with Crippen molar-refractivity contribution in [3.63, 3.8) is 0 Å². The molecule has 4 nitrogen and oxygen atoms in total. The highest BCUT2D eigenvalue weighted by atomic mass is 127. The summed E-state index contributed by atoms with van der Waals surface area (Å²) in [5.74, 6) is 0.441. The molecule has 0 fully saturated rings. The lowest BCUT2D eigenvalue weighted by Gasteiger charge is -2.05. The first kappa shape index (κ1) is 17.7. The summed E-state index contributed by atoms with van der Waals surface area (Å²) in [6.45, 7) is 1.26. The smallest absolute Gasteiger partial charge is 0.188 e. The van der Waals surface area contributed by atoms with Gasteiger partial charge in [0.25, 0.3) is 0 Å². The van der Waals surface area contributed by atoms with E-state index in [4.69, 9.17) is 17.3 Å². The second kappa shape index (κ2) is 9.57. The lowest BCUT2D eigenvalue weighted by atomic mass is 10.1. The molecule has 0 aliphatic heterocycles. The van der Waals surface area contributed by atoms with Gasteiger partial charge in [0.2, 0.25) is 0 Å². The highest BCUT2D eigenvalue weighted by Crippen LogP contribution is 2.05. The fourth-order valence-corrected chi connectivity index (χ4v) is 1.82. The third-order valence-corrected chi connectivity index (χ3v) is 3.01. The molecule has 3 N–H and O–H groups in total. The van der Waals surface area contributed by atoms with Crippen molar-refractivity contribution in [1.82, 2.24) is 10.3 Å². The maximum atomic E-state index is 5.81. The summed E-state index contributed by atoms with van der Waals surface area (Å²) in [7, 11) is 0. The Morgan fingerprint density at radius 1 is 1.14 bits per heavy atom. The fourth-order valence-electron chi connectivity index (χ4n) is 1.71. The Labute approximate surface area is 146 Å². The van der Waals surface area contributed by atoms with Crippen molar-refractivity contribution in [1.29, 1.82) is 0 Å². The van der Waals surface area contributed by atoms with Crippen LogP contribution >= 0.6 is 35.6 Å². The molecule has 1 aromatic heterocycles. The molecule has 0 spiro atoms. The Morgan fingerprint density at radius 3 is 2.57 bits per heavy atom. The van der Waals surface area contributed by atoms with Crippen LogP contribution in [-0.4, -0.2) is 17.5 Å². The molecule has 2 aromatic rings. The summed E-state index contributed by atoms with van der Waals surface area (Å²) in [6, 6.07) is 13.9. The van der Waals surface area contributed by atoms with Gasteiger partial charge in [-0.15, -0.1) is 24.0 Å².